The Morgan fingerprint density at radius 2 is 1.35 bits per heavy atom. The van der Waals surface area contributed by atoms with E-state index in [2.05, 4.69) is 19.4 Å². The number of aryl methyl sites for hydroxylation is 1. The quantitative estimate of drug-likeness (QED) is 0.333. The second-order valence-electron chi connectivity index (χ2n) is 9.15. The Bertz CT molecular complexity index is 1190. The minimum Gasteiger partial charge on any atom is -0.406 e. The van der Waals surface area contributed by atoms with Gasteiger partial charge in [0, 0.05) is 12.5 Å². The first-order chi connectivity index (χ1) is 17.0. The number of hydrogen-bond donors (Lipinski definition) is 1. The Kier molecular flexibility index (Phi) is 7.99. The molecule has 0 radical (unpaired) electrons. The standard InChI is InChI=1S/C24H24F6N2O4S/c1-15-11-20(36-31-15)14-22(32-37(33)21(2,3)4,16-7-5-9-18(12-16)34-23(25,26)27)17-8-6-10-19(13-17)35-24(28,29)30/h5-13,32H,14H2,1-4H3/t37-/m1/s1. The van der Waals surface area contributed by atoms with Crippen LogP contribution in [0.1, 0.15) is 43.4 Å². The molecule has 0 unspecified atom stereocenters. The summed E-state index contributed by atoms with van der Waals surface area (Å²) < 4.78 is 107. The van der Waals surface area contributed by atoms with Gasteiger partial charge in [-0.05, 0) is 63.1 Å². The largest absolute Gasteiger partial charge is 0.573 e. The highest BCUT2D eigenvalue weighted by Crippen LogP contribution is 2.39. The van der Waals surface area contributed by atoms with Crippen molar-refractivity contribution in [2.45, 2.75) is 57.1 Å². The molecule has 6 nitrogen and oxygen atoms in total. The summed E-state index contributed by atoms with van der Waals surface area (Å²) in [6, 6.07) is 11.3. The molecule has 3 aromatic rings. The van der Waals surface area contributed by atoms with E-state index >= 15 is 0 Å². The first kappa shape index (κ1) is 28.5. The second kappa shape index (κ2) is 10.4. The number of ether oxygens (including phenoxy) is 2. The first-order valence-corrected chi connectivity index (χ1v) is 12.0. The van der Waals surface area contributed by atoms with Crippen molar-refractivity contribution in [1.29, 1.82) is 0 Å². The predicted molar refractivity (Wildman–Crippen MR) is 123 cm³/mol. The molecular formula is C24H24F6N2O4S. The smallest absolute Gasteiger partial charge is 0.406 e. The minimum atomic E-state index is -4.99. The average molecular weight is 551 g/mol. The van der Waals surface area contributed by atoms with Gasteiger partial charge in [0.05, 0.1) is 27.0 Å². The van der Waals surface area contributed by atoms with Gasteiger partial charge in [0.2, 0.25) is 0 Å². The number of aromatic nitrogens is 1. The zero-order chi connectivity index (χ0) is 27.6. The highest BCUT2D eigenvalue weighted by Gasteiger charge is 2.41. The molecule has 1 atom stereocenters. The Morgan fingerprint density at radius 3 is 1.73 bits per heavy atom. The first-order valence-electron chi connectivity index (χ1n) is 10.8. The van der Waals surface area contributed by atoms with E-state index in [1.807, 2.05) is 0 Å². The topological polar surface area (TPSA) is 73.6 Å². The van der Waals surface area contributed by atoms with E-state index in [0.717, 1.165) is 24.3 Å². The molecule has 2 aromatic carbocycles. The van der Waals surface area contributed by atoms with E-state index in [1.165, 1.54) is 24.3 Å². The summed E-state index contributed by atoms with van der Waals surface area (Å²) in [6.07, 6.45) is -10.2. The monoisotopic (exact) mass is 550 g/mol. The van der Waals surface area contributed by atoms with Crippen LogP contribution in [-0.2, 0) is 22.9 Å². The van der Waals surface area contributed by atoms with E-state index in [0.29, 0.717) is 5.69 Å². The summed E-state index contributed by atoms with van der Waals surface area (Å²) in [4.78, 5) is 0. The third kappa shape index (κ3) is 7.71. The molecule has 3 rings (SSSR count). The number of benzene rings is 2. The maximum atomic E-state index is 13.4. The van der Waals surface area contributed by atoms with E-state index < -0.39 is 45.5 Å². The second-order valence-corrected chi connectivity index (χ2v) is 11.1. The molecule has 0 aliphatic rings. The van der Waals surface area contributed by atoms with Gasteiger partial charge < -0.3 is 14.0 Å². The van der Waals surface area contributed by atoms with Crippen molar-refractivity contribution in [1.82, 2.24) is 9.88 Å². The number of hydrogen-bond acceptors (Lipinski definition) is 5. The number of alkyl halides is 6. The zero-order valence-electron chi connectivity index (χ0n) is 20.2. The van der Waals surface area contributed by atoms with Crippen molar-refractivity contribution in [3.05, 3.63) is 77.2 Å². The minimum absolute atomic E-state index is 0.116. The molecule has 37 heavy (non-hydrogen) atoms. The van der Waals surface area contributed by atoms with Gasteiger partial charge in [-0.1, -0.05) is 29.4 Å². The Labute approximate surface area is 211 Å². The maximum absolute atomic E-state index is 13.4. The van der Waals surface area contributed by atoms with E-state index in [-0.39, 0.29) is 23.3 Å². The molecule has 1 N–H and O–H groups in total. The van der Waals surface area contributed by atoms with Crippen molar-refractivity contribution in [2.75, 3.05) is 0 Å². The molecule has 0 spiro atoms. The molecule has 0 saturated carbocycles. The molecule has 13 heteroatoms. The van der Waals surface area contributed by atoms with Gasteiger partial charge in [0.1, 0.15) is 17.3 Å². The fourth-order valence-corrected chi connectivity index (χ4v) is 4.44. The van der Waals surface area contributed by atoms with Crippen molar-refractivity contribution in [3.8, 4) is 11.5 Å². The fourth-order valence-electron chi connectivity index (χ4n) is 3.51. The predicted octanol–water partition coefficient (Wildman–Crippen LogP) is 6.32. The van der Waals surface area contributed by atoms with Crippen molar-refractivity contribution < 1.29 is 44.5 Å². The lowest BCUT2D eigenvalue weighted by Crippen LogP contribution is -2.50. The Hall–Kier alpha value is -3.06. The third-order valence-electron chi connectivity index (χ3n) is 5.06. The molecule has 1 aromatic heterocycles. The highest BCUT2D eigenvalue weighted by atomic mass is 32.2. The summed E-state index contributed by atoms with van der Waals surface area (Å²) >= 11 is 0. The molecule has 0 bridgehead atoms. The fraction of sp³-hybridized carbons (Fsp3) is 0.375. The lowest BCUT2D eigenvalue weighted by molar-refractivity contribution is -0.275. The SMILES string of the molecule is Cc1cc(CC(N[S@](=O)C(C)(C)C)(c2cccc(OC(F)(F)F)c2)c2cccc(OC(F)(F)F)c2)on1. The van der Waals surface area contributed by atoms with Crippen LogP contribution >= 0.6 is 0 Å². The van der Waals surface area contributed by atoms with Crippen molar-refractivity contribution >= 4 is 11.0 Å². The van der Waals surface area contributed by atoms with Gasteiger partial charge >= 0.3 is 12.7 Å². The highest BCUT2D eigenvalue weighted by molar-refractivity contribution is 7.84. The van der Waals surface area contributed by atoms with Crippen LogP contribution < -0.4 is 14.2 Å². The third-order valence-corrected chi connectivity index (χ3v) is 6.71. The molecule has 0 aliphatic heterocycles. The lowest BCUT2D eigenvalue weighted by Gasteiger charge is -2.37. The van der Waals surface area contributed by atoms with E-state index in [9.17, 15) is 30.6 Å². The summed E-state index contributed by atoms with van der Waals surface area (Å²) in [5.41, 5.74) is -0.945. The lowest BCUT2D eigenvalue weighted by atomic mass is 9.80. The summed E-state index contributed by atoms with van der Waals surface area (Å²) in [5, 5.41) is 3.82. The zero-order valence-corrected chi connectivity index (χ0v) is 21.0. The van der Waals surface area contributed by atoms with Crippen LogP contribution in [-0.4, -0.2) is 26.8 Å². The average Bonchev–Trinajstić information content (AvgIpc) is 3.15. The molecule has 0 aliphatic carbocycles. The maximum Gasteiger partial charge on any atom is 0.573 e. The normalized spacial score (nSPS) is 13.9. The van der Waals surface area contributed by atoms with Crippen LogP contribution in [0.25, 0.3) is 0 Å². The van der Waals surface area contributed by atoms with Gasteiger partial charge in [0.25, 0.3) is 0 Å². The van der Waals surface area contributed by atoms with Gasteiger partial charge in [-0.2, -0.15) is 0 Å². The van der Waals surface area contributed by atoms with E-state index in [1.54, 1.807) is 33.8 Å². The van der Waals surface area contributed by atoms with Gasteiger partial charge in [0.15, 0.2) is 0 Å². The Morgan fingerprint density at radius 1 is 0.865 bits per heavy atom. The molecular weight excluding hydrogens is 526 g/mol. The van der Waals surface area contributed by atoms with Gasteiger partial charge in [-0.15, -0.1) is 26.3 Å². The molecule has 0 amide bonds. The summed E-state index contributed by atoms with van der Waals surface area (Å²) in [5.74, 6) is -0.913. The molecule has 0 fully saturated rings. The van der Waals surface area contributed by atoms with Crippen LogP contribution in [0.3, 0.4) is 0 Å². The van der Waals surface area contributed by atoms with Crippen LogP contribution in [0.5, 0.6) is 11.5 Å². The molecule has 1 heterocycles. The van der Waals surface area contributed by atoms with E-state index in [4.69, 9.17) is 4.52 Å². The Balaban J connectivity index is 2.29. The van der Waals surface area contributed by atoms with Crippen molar-refractivity contribution in [2.24, 2.45) is 0 Å². The van der Waals surface area contributed by atoms with Crippen LogP contribution in [0.2, 0.25) is 0 Å². The molecule has 0 saturated heterocycles. The number of halogens is 6. The van der Waals surface area contributed by atoms with Gasteiger partial charge in [-0.3, -0.25) is 0 Å². The summed E-state index contributed by atoms with van der Waals surface area (Å²) in [6.45, 7) is 6.62. The molecule has 202 valence electrons. The number of nitrogens with one attached hydrogen (secondary N) is 1. The van der Waals surface area contributed by atoms with Gasteiger partial charge in [-0.25, -0.2) is 8.93 Å². The van der Waals surface area contributed by atoms with Crippen LogP contribution in [0.15, 0.2) is 59.1 Å². The summed E-state index contributed by atoms with van der Waals surface area (Å²) in [7, 11) is -1.86. The van der Waals surface area contributed by atoms with Crippen molar-refractivity contribution in [3.63, 3.8) is 0 Å². The number of nitrogens with zero attached hydrogens (tertiary/aromatic N) is 1. The van der Waals surface area contributed by atoms with Crippen LogP contribution in [0, 0.1) is 6.92 Å². The number of rotatable bonds is 8. The van der Waals surface area contributed by atoms with Crippen LogP contribution in [0.4, 0.5) is 26.3 Å².